The van der Waals surface area contributed by atoms with Crippen LogP contribution in [-0.4, -0.2) is 0 Å². The molecule has 0 rings (SSSR count). The van der Waals surface area contributed by atoms with Gasteiger partial charge in [0.1, 0.15) is 0 Å². The predicted octanol–water partition coefficient (Wildman–Crippen LogP) is 0.634. The van der Waals surface area contributed by atoms with E-state index in [0.717, 1.165) is 0 Å². The van der Waals surface area contributed by atoms with Crippen LogP contribution >= 0.6 is 0 Å². The normalized spacial score (nSPS) is 7.67. The molecule has 0 amide bonds. The molecule has 43 valence electrons. The SMILES string of the molecule is C[C-]=CC=[C-]N.[Y].[Y].[Y]. The predicted molar refractivity (Wildman–Crippen MR) is 25.5 cm³/mol. The first-order valence-electron chi connectivity index (χ1n) is 1.70. The van der Waals surface area contributed by atoms with Gasteiger partial charge in [-0.05, 0) is 0 Å². The fraction of sp³-hybridized carbons (Fsp3) is 0.200. The van der Waals surface area contributed by atoms with E-state index in [4.69, 9.17) is 5.73 Å². The summed E-state index contributed by atoms with van der Waals surface area (Å²) in [5.41, 5.74) is 4.84. The molecule has 4 heteroatoms. The van der Waals surface area contributed by atoms with Crippen LogP contribution in [0.5, 0.6) is 0 Å². The summed E-state index contributed by atoms with van der Waals surface area (Å²) in [5.74, 6) is 0. The Balaban J connectivity index is -0.0000000417. The van der Waals surface area contributed by atoms with Crippen molar-refractivity contribution >= 4 is 0 Å². The summed E-state index contributed by atoms with van der Waals surface area (Å²) in [6.07, 6.45) is 8.36. The fourth-order valence-electron chi connectivity index (χ4n) is 0.131. The average molecular weight is 348 g/mol. The third kappa shape index (κ3) is 25.0. The first-order chi connectivity index (χ1) is 2.91. The minimum absolute atomic E-state index is 0. The van der Waals surface area contributed by atoms with Crippen LogP contribution in [-0.2, 0) is 98.1 Å². The van der Waals surface area contributed by atoms with E-state index in [1.54, 1.807) is 19.1 Å². The molecule has 0 aliphatic carbocycles. The Hall–Kier alpha value is 2.59. The molecule has 0 atom stereocenters. The summed E-state index contributed by atoms with van der Waals surface area (Å²) in [5, 5.41) is 0. The third-order valence-corrected chi connectivity index (χ3v) is 0.346. The number of hydrogen-bond acceptors (Lipinski definition) is 1. The Morgan fingerprint density at radius 2 is 1.56 bits per heavy atom. The van der Waals surface area contributed by atoms with Crippen molar-refractivity contribution in [2.75, 3.05) is 0 Å². The Morgan fingerprint density at radius 3 is 1.67 bits per heavy atom. The summed E-state index contributed by atoms with van der Waals surface area (Å²) in [6.45, 7) is 1.80. The van der Waals surface area contributed by atoms with Crippen LogP contribution in [0.4, 0.5) is 0 Å². The molecule has 0 unspecified atom stereocenters. The van der Waals surface area contributed by atoms with Crippen LogP contribution in [0, 0.1) is 12.3 Å². The van der Waals surface area contributed by atoms with E-state index in [1.807, 2.05) is 0 Å². The molecule has 0 heterocycles. The minimum atomic E-state index is 0. The summed E-state index contributed by atoms with van der Waals surface area (Å²) in [7, 11) is 0. The van der Waals surface area contributed by atoms with Gasteiger partial charge in [0.2, 0.25) is 0 Å². The van der Waals surface area contributed by atoms with Gasteiger partial charge in [-0.15, -0.1) is 6.92 Å². The molecule has 0 saturated heterocycles. The monoisotopic (exact) mass is 348 g/mol. The Bertz CT molecular complexity index is 60.6. The van der Waals surface area contributed by atoms with Gasteiger partial charge in [-0.1, -0.05) is 0 Å². The minimum Gasteiger partial charge on any atom is -0.508 e. The summed E-state index contributed by atoms with van der Waals surface area (Å²) < 4.78 is 0. The zero-order chi connectivity index (χ0) is 4.83. The Labute approximate surface area is 132 Å². The standard InChI is InChI=1S/C5H7N.3Y/c1-2-3-4-5-6;;;/h3-4H,6H2,1H3;;;/q-2;;;. The van der Waals surface area contributed by atoms with Crippen molar-refractivity contribution in [1.29, 1.82) is 0 Å². The molecule has 1 nitrogen and oxygen atoms in total. The van der Waals surface area contributed by atoms with Crippen LogP contribution < -0.4 is 5.73 Å². The van der Waals surface area contributed by atoms with Crippen LogP contribution in [0.1, 0.15) is 6.92 Å². The molecule has 0 saturated carbocycles. The molecule has 0 aromatic rings. The van der Waals surface area contributed by atoms with Gasteiger partial charge in [0.05, 0.1) is 0 Å². The summed E-state index contributed by atoms with van der Waals surface area (Å²) in [6, 6.07) is 0. The first-order valence-corrected chi connectivity index (χ1v) is 1.70. The van der Waals surface area contributed by atoms with E-state index < -0.39 is 0 Å². The quantitative estimate of drug-likeness (QED) is 0.420. The number of allylic oxidation sites excluding steroid dienone is 3. The molecule has 0 fully saturated rings. The molecule has 2 N–H and O–H groups in total. The number of rotatable bonds is 1. The zero-order valence-electron chi connectivity index (χ0n) is 5.46. The molecule has 3 radical (unpaired) electrons. The number of nitrogens with two attached hydrogens (primary N) is 1. The zero-order valence-corrected chi connectivity index (χ0v) is 14.0. The van der Waals surface area contributed by atoms with E-state index in [1.165, 1.54) is 0 Å². The third-order valence-electron chi connectivity index (χ3n) is 0.346. The molecule has 0 aliphatic rings. The van der Waals surface area contributed by atoms with Crippen molar-refractivity contribution in [2.45, 2.75) is 6.92 Å². The Kier molecular flexibility index (Phi) is 56.2. The molecular formula is C5H7NY3-2. The van der Waals surface area contributed by atoms with Gasteiger partial charge >= 0.3 is 0 Å². The van der Waals surface area contributed by atoms with E-state index in [9.17, 15) is 0 Å². The second-order valence-electron chi connectivity index (χ2n) is 0.789. The van der Waals surface area contributed by atoms with Gasteiger partial charge in [-0.2, -0.15) is 0 Å². The van der Waals surface area contributed by atoms with Crippen molar-refractivity contribution in [3.63, 3.8) is 0 Å². The average Bonchev–Trinajstić information content (AvgIpc) is 1.61. The van der Waals surface area contributed by atoms with Crippen molar-refractivity contribution in [1.82, 2.24) is 0 Å². The molecule has 0 aliphatic heterocycles. The molecule has 0 aromatic carbocycles. The second-order valence-corrected chi connectivity index (χ2v) is 0.789. The van der Waals surface area contributed by atoms with Crippen LogP contribution in [0.3, 0.4) is 0 Å². The Morgan fingerprint density at radius 1 is 1.11 bits per heavy atom. The van der Waals surface area contributed by atoms with Gasteiger partial charge in [-0.25, -0.2) is 0 Å². The van der Waals surface area contributed by atoms with Crippen LogP contribution in [0.2, 0.25) is 0 Å². The van der Waals surface area contributed by atoms with E-state index in [-0.39, 0.29) is 98.1 Å². The van der Waals surface area contributed by atoms with Crippen LogP contribution in [0.15, 0.2) is 12.2 Å². The molecular weight excluding hydrogens is 341 g/mol. The van der Waals surface area contributed by atoms with Gasteiger partial charge in [-0.3, -0.25) is 6.20 Å². The van der Waals surface area contributed by atoms with Crippen LogP contribution in [0.25, 0.3) is 0 Å². The maximum absolute atomic E-state index is 4.84. The molecule has 0 aromatic heterocycles. The van der Waals surface area contributed by atoms with Gasteiger partial charge < -0.3 is 24.0 Å². The van der Waals surface area contributed by atoms with Crippen molar-refractivity contribution in [3.8, 4) is 0 Å². The van der Waals surface area contributed by atoms with E-state index in [0.29, 0.717) is 0 Å². The van der Waals surface area contributed by atoms with Gasteiger partial charge in [0.25, 0.3) is 0 Å². The summed E-state index contributed by atoms with van der Waals surface area (Å²) >= 11 is 0. The van der Waals surface area contributed by atoms with Gasteiger partial charge in [0, 0.05) is 98.1 Å². The smallest absolute Gasteiger partial charge is 0 e. The van der Waals surface area contributed by atoms with Crippen molar-refractivity contribution in [2.24, 2.45) is 5.73 Å². The van der Waals surface area contributed by atoms with Crippen molar-refractivity contribution < 1.29 is 98.1 Å². The van der Waals surface area contributed by atoms with E-state index in [2.05, 4.69) is 12.3 Å². The largest absolute Gasteiger partial charge is 0.508 e. The molecule has 0 spiro atoms. The maximum atomic E-state index is 4.84. The topological polar surface area (TPSA) is 26.0 Å². The van der Waals surface area contributed by atoms with E-state index >= 15 is 0 Å². The molecule has 9 heavy (non-hydrogen) atoms. The van der Waals surface area contributed by atoms with Crippen molar-refractivity contribution in [3.05, 3.63) is 24.4 Å². The molecule has 0 bridgehead atoms. The first kappa shape index (κ1) is 22.6. The summed E-state index contributed by atoms with van der Waals surface area (Å²) in [4.78, 5) is 0. The second kappa shape index (κ2) is 22.4. The maximum Gasteiger partial charge on any atom is 0 e. The fourth-order valence-corrected chi connectivity index (χ4v) is 0.131. The van der Waals surface area contributed by atoms with Gasteiger partial charge in [0.15, 0.2) is 0 Å². The number of hydrogen-bond donors (Lipinski definition) is 1.